The molecule has 1 aromatic carbocycles. The zero-order valence-corrected chi connectivity index (χ0v) is 13.0. The Balaban J connectivity index is 1.67. The van der Waals surface area contributed by atoms with E-state index in [0.29, 0.717) is 0 Å². The van der Waals surface area contributed by atoms with Crippen molar-refractivity contribution in [2.45, 2.75) is 20.4 Å². The minimum absolute atomic E-state index is 0.820. The van der Waals surface area contributed by atoms with Crippen LogP contribution in [0.4, 0.5) is 5.69 Å². The molecule has 0 unspecified atom stereocenters. The molecule has 0 bridgehead atoms. The Hall–Kier alpha value is -1.72. The van der Waals surface area contributed by atoms with Crippen LogP contribution in [0, 0.1) is 13.8 Å². The van der Waals surface area contributed by atoms with E-state index in [4.69, 9.17) is 0 Å². The first-order valence-corrected chi connectivity index (χ1v) is 8.08. The number of aromatic nitrogens is 2. The lowest BCUT2D eigenvalue weighted by molar-refractivity contribution is 1.17. The standard InChI is InChI=1S/C15H15N3S2/c1-10-16-7-14(20-10)8-17-13-5-3-12(4-6-13)15-9-19-11(2)18-15/h3-7,9,17H,8H2,1-2H3. The molecule has 102 valence electrons. The molecule has 3 aromatic rings. The number of aryl methyl sites for hydroxylation is 2. The highest BCUT2D eigenvalue weighted by Crippen LogP contribution is 2.23. The van der Waals surface area contributed by atoms with Gasteiger partial charge in [-0.3, -0.25) is 0 Å². The fourth-order valence-electron chi connectivity index (χ4n) is 1.93. The first-order valence-electron chi connectivity index (χ1n) is 6.38. The maximum atomic E-state index is 4.50. The van der Waals surface area contributed by atoms with Gasteiger partial charge < -0.3 is 5.32 Å². The summed E-state index contributed by atoms with van der Waals surface area (Å²) in [6, 6.07) is 8.40. The summed E-state index contributed by atoms with van der Waals surface area (Å²) in [6.07, 6.45) is 1.93. The van der Waals surface area contributed by atoms with Crippen molar-refractivity contribution in [3.63, 3.8) is 0 Å². The van der Waals surface area contributed by atoms with Gasteiger partial charge in [0.15, 0.2) is 0 Å². The quantitative estimate of drug-likeness (QED) is 0.771. The zero-order chi connectivity index (χ0) is 13.9. The maximum absolute atomic E-state index is 4.50. The average molecular weight is 301 g/mol. The minimum atomic E-state index is 0.820. The highest BCUT2D eigenvalue weighted by Gasteiger charge is 2.02. The molecule has 0 aliphatic rings. The molecule has 0 radical (unpaired) electrons. The second-order valence-corrected chi connectivity index (χ2v) is 6.91. The predicted octanol–water partition coefficient (Wildman–Crippen LogP) is 4.50. The van der Waals surface area contributed by atoms with Crippen LogP contribution in [0.2, 0.25) is 0 Å². The molecule has 0 saturated heterocycles. The SMILES string of the molecule is Cc1nc(-c2ccc(NCc3cnc(C)s3)cc2)cs1. The summed E-state index contributed by atoms with van der Waals surface area (Å²) in [5.74, 6) is 0. The fraction of sp³-hybridized carbons (Fsp3) is 0.200. The van der Waals surface area contributed by atoms with E-state index in [1.54, 1.807) is 22.7 Å². The first kappa shape index (κ1) is 13.3. The highest BCUT2D eigenvalue weighted by molar-refractivity contribution is 7.11. The van der Waals surface area contributed by atoms with Gasteiger partial charge in [-0.1, -0.05) is 12.1 Å². The summed E-state index contributed by atoms with van der Waals surface area (Å²) >= 11 is 3.41. The number of benzene rings is 1. The van der Waals surface area contributed by atoms with Crippen molar-refractivity contribution in [3.05, 3.63) is 50.7 Å². The summed E-state index contributed by atoms with van der Waals surface area (Å²) in [6.45, 7) is 4.88. The number of hydrogen-bond donors (Lipinski definition) is 1. The van der Waals surface area contributed by atoms with Crippen molar-refractivity contribution < 1.29 is 0 Å². The average Bonchev–Trinajstić information content (AvgIpc) is 3.06. The number of hydrogen-bond acceptors (Lipinski definition) is 5. The van der Waals surface area contributed by atoms with Gasteiger partial charge >= 0.3 is 0 Å². The van der Waals surface area contributed by atoms with E-state index in [-0.39, 0.29) is 0 Å². The Kier molecular flexibility index (Phi) is 3.80. The molecule has 5 heteroatoms. The van der Waals surface area contributed by atoms with E-state index in [1.165, 1.54) is 4.88 Å². The number of thiazole rings is 2. The third-order valence-corrected chi connectivity index (χ3v) is 4.62. The van der Waals surface area contributed by atoms with Crippen LogP contribution in [0.1, 0.15) is 14.9 Å². The van der Waals surface area contributed by atoms with Crippen molar-refractivity contribution in [2.75, 3.05) is 5.32 Å². The van der Waals surface area contributed by atoms with Gasteiger partial charge in [0.25, 0.3) is 0 Å². The van der Waals surface area contributed by atoms with Crippen molar-refractivity contribution in [2.24, 2.45) is 0 Å². The predicted molar refractivity (Wildman–Crippen MR) is 86.5 cm³/mol. The van der Waals surface area contributed by atoms with E-state index >= 15 is 0 Å². The summed E-state index contributed by atoms with van der Waals surface area (Å²) < 4.78 is 0. The molecule has 3 nitrogen and oxygen atoms in total. The molecular formula is C15H15N3S2. The molecule has 2 heterocycles. The van der Waals surface area contributed by atoms with Crippen molar-refractivity contribution in [1.82, 2.24) is 9.97 Å². The third-order valence-electron chi connectivity index (χ3n) is 2.94. The molecule has 20 heavy (non-hydrogen) atoms. The van der Waals surface area contributed by atoms with E-state index in [1.807, 2.05) is 20.0 Å². The summed E-state index contributed by atoms with van der Waals surface area (Å²) in [5, 5.41) is 7.71. The second kappa shape index (κ2) is 5.73. The lowest BCUT2D eigenvalue weighted by Crippen LogP contribution is -1.96. The molecular weight excluding hydrogens is 286 g/mol. The first-order chi connectivity index (χ1) is 9.70. The molecule has 3 rings (SSSR count). The van der Waals surface area contributed by atoms with E-state index < -0.39 is 0 Å². The fourth-order valence-corrected chi connectivity index (χ4v) is 3.29. The highest BCUT2D eigenvalue weighted by atomic mass is 32.1. The lowest BCUT2D eigenvalue weighted by atomic mass is 10.1. The van der Waals surface area contributed by atoms with Crippen LogP contribution in [0.5, 0.6) is 0 Å². The van der Waals surface area contributed by atoms with Gasteiger partial charge in [0, 0.05) is 27.7 Å². The Morgan fingerprint density at radius 3 is 2.50 bits per heavy atom. The van der Waals surface area contributed by atoms with Gasteiger partial charge in [0.05, 0.1) is 22.3 Å². The number of rotatable bonds is 4. The van der Waals surface area contributed by atoms with E-state index in [9.17, 15) is 0 Å². The smallest absolute Gasteiger partial charge is 0.0901 e. The van der Waals surface area contributed by atoms with Gasteiger partial charge in [0.2, 0.25) is 0 Å². The monoisotopic (exact) mass is 301 g/mol. The second-order valence-electron chi connectivity index (χ2n) is 4.53. The normalized spacial score (nSPS) is 10.7. The molecule has 1 N–H and O–H groups in total. The molecule has 2 aromatic heterocycles. The van der Waals surface area contributed by atoms with Gasteiger partial charge in [0.1, 0.15) is 0 Å². The summed E-state index contributed by atoms with van der Waals surface area (Å²) in [7, 11) is 0. The number of anilines is 1. The van der Waals surface area contributed by atoms with Crippen molar-refractivity contribution in [3.8, 4) is 11.3 Å². The molecule has 0 spiro atoms. The zero-order valence-electron chi connectivity index (χ0n) is 11.4. The van der Waals surface area contributed by atoms with Crippen LogP contribution in [-0.2, 0) is 6.54 Å². The van der Waals surface area contributed by atoms with Crippen LogP contribution in [0.25, 0.3) is 11.3 Å². The number of nitrogens with zero attached hydrogens (tertiary/aromatic N) is 2. The molecule has 0 amide bonds. The van der Waals surface area contributed by atoms with Crippen LogP contribution in [-0.4, -0.2) is 9.97 Å². The molecule has 0 fully saturated rings. The van der Waals surface area contributed by atoms with Gasteiger partial charge in [-0.15, -0.1) is 22.7 Å². The Morgan fingerprint density at radius 2 is 1.90 bits per heavy atom. The molecule has 0 atom stereocenters. The Labute approximate surface area is 126 Å². The summed E-state index contributed by atoms with van der Waals surface area (Å²) in [5.41, 5.74) is 3.33. The van der Waals surface area contributed by atoms with Gasteiger partial charge in [-0.25, -0.2) is 9.97 Å². The van der Waals surface area contributed by atoms with Gasteiger partial charge in [-0.2, -0.15) is 0 Å². The topological polar surface area (TPSA) is 37.8 Å². The maximum Gasteiger partial charge on any atom is 0.0901 e. The van der Waals surface area contributed by atoms with Crippen LogP contribution in [0.15, 0.2) is 35.8 Å². The largest absolute Gasteiger partial charge is 0.380 e. The molecule has 0 aliphatic heterocycles. The van der Waals surface area contributed by atoms with Crippen molar-refractivity contribution >= 4 is 28.4 Å². The van der Waals surface area contributed by atoms with Crippen LogP contribution < -0.4 is 5.32 Å². The Morgan fingerprint density at radius 1 is 1.10 bits per heavy atom. The van der Waals surface area contributed by atoms with Crippen LogP contribution >= 0.6 is 22.7 Å². The molecule has 0 aliphatic carbocycles. The number of nitrogens with one attached hydrogen (secondary N) is 1. The lowest BCUT2D eigenvalue weighted by Gasteiger charge is -2.05. The van der Waals surface area contributed by atoms with E-state index in [0.717, 1.165) is 33.5 Å². The van der Waals surface area contributed by atoms with E-state index in [2.05, 4.69) is 44.9 Å². The Bertz CT molecular complexity index is 698. The third kappa shape index (κ3) is 3.05. The van der Waals surface area contributed by atoms with Gasteiger partial charge in [-0.05, 0) is 26.0 Å². The van der Waals surface area contributed by atoms with Crippen LogP contribution in [0.3, 0.4) is 0 Å². The minimum Gasteiger partial charge on any atom is -0.380 e. The summed E-state index contributed by atoms with van der Waals surface area (Å²) in [4.78, 5) is 10.0. The molecule has 0 saturated carbocycles. The van der Waals surface area contributed by atoms with Crippen molar-refractivity contribution in [1.29, 1.82) is 0 Å².